The molecule has 0 aliphatic heterocycles. The van der Waals surface area contributed by atoms with Crippen molar-refractivity contribution in [1.29, 1.82) is 0 Å². The van der Waals surface area contributed by atoms with Crippen molar-refractivity contribution in [3.05, 3.63) is 65.4 Å². The maximum Gasteiger partial charge on any atom is 0.213 e. The van der Waals surface area contributed by atoms with E-state index >= 15 is 0 Å². The second-order valence-electron chi connectivity index (χ2n) is 4.69. The van der Waals surface area contributed by atoms with Crippen molar-refractivity contribution in [2.75, 3.05) is 0 Å². The smallest absolute Gasteiger partial charge is 0.213 e. The number of aryl methyl sites for hydroxylation is 2. The molecule has 0 unspecified atom stereocenters. The second kappa shape index (κ2) is 4.35. The fraction of sp³-hybridized carbons (Fsp3) is 0.125. The van der Waals surface area contributed by atoms with E-state index < -0.39 is 0 Å². The first-order valence-corrected chi connectivity index (χ1v) is 6.20. The van der Waals surface area contributed by atoms with Gasteiger partial charge in [0.05, 0.1) is 5.52 Å². The molecule has 0 aliphatic carbocycles. The van der Waals surface area contributed by atoms with Crippen LogP contribution in [-0.4, -0.2) is 15.6 Å². The standard InChI is InChI=1S/C16H14N2O/c1-11-6-5-7-12(10-11)16(19)15-13-8-3-4-9-14(13)18(2)17-15/h3-10H,1-2H3. The second-order valence-corrected chi connectivity index (χ2v) is 4.69. The Balaban J connectivity index is 2.17. The molecule has 3 rings (SSSR count). The van der Waals surface area contributed by atoms with Crippen LogP contribution in [-0.2, 0) is 7.05 Å². The van der Waals surface area contributed by atoms with Crippen LogP contribution in [0.2, 0.25) is 0 Å². The molecule has 0 radical (unpaired) electrons. The molecule has 1 aromatic heterocycles. The number of aromatic nitrogens is 2. The zero-order valence-corrected chi connectivity index (χ0v) is 10.9. The van der Waals surface area contributed by atoms with Gasteiger partial charge in [0.25, 0.3) is 0 Å². The first kappa shape index (κ1) is 11.7. The van der Waals surface area contributed by atoms with Gasteiger partial charge in [0, 0.05) is 18.0 Å². The lowest BCUT2D eigenvalue weighted by atomic mass is 10.0. The maximum atomic E-state index is 12.6. The zero-order chi connectivity index (χ0) is 13.4. The van der Waals surface area contributed by atoms with Crippen molar-refractivity contribution in [2.24, 2.45) is 7.05 Å². The summed E-state index contributed by atoms with van der Waals surface area (Å²) in [5.74, 6) is -0.0273. The first-order valence-electron chi connectivity index (χ1n) is 6.20. The van der Waals surface area contributed by atoms with Gasteiger partial charge < -0.3 is 0 Å². The average Bonchev–Trinajstić information content (AvgIpc) is 2.76. The lowest BCUT2D eigenvalue weighted by Crippen LogP contribution is -2.03. The quantitative estimate of drug-likeness (QED) is 0.655. The summed E-state index contributed by atoms with van der Waals surface area (Å²) in [6.45, 7) is 1.98. The molecule has 19 heavy (non-hydrogen) atoms. The molecule has 0 aliphatic rings. The number of hydrogen-bond donors (Lipinski definition) is 0. The van der Waals surface area contributed by atoms with E-state index in [2.05, 4.69) is 5.10 Å². The molecule has 0 saturated heterocycles. The topological polar surface area (TPSA) is 34.9 Å². The summed E-state index contributed by atoms with van der Waals surface area (Å²) in [7, 11) is 1.86. The van der Waals surface area contributed by atoms with Gasteiger partial charge in [-0.3, -0.25) is 9.48 Å². The molecule has 0 fully saturated rings. The predicted octanol–water partition coefficient (Wildman–Crippen LogP) is 3.11. The van der Waals surface area contributed by atoms with Gasteiger partial charge in [-0.1, -0.05) is 42.0 Å². The molecule has 0 atom stereocenters. The lowest BCUT2D eigenvalue weighted by molar-refractivity contribution is 0.103. The van der Waals surface area contributed by atoms with E-state index in [1.54, 1.807) is 4.68 Å². The highest BCUT2D eigenvalue weighted by Gasteiger charge is 2.17. The molecule has 1 heterocycles. The van der Waals surface area contributed by atoms with Crippen LogP contribution >= 0.6 is 0 Å². The van der Waals surface area contributed by atoms with Crippen LogP contribution in [0.15, 0.2) is 48.5 Å². The van der Waals surface area contributed by atoms with Gasteiger partial charge in [0.15, 0.2) is 0 Å². The fourth-order valence-corrected chi connectivity index (χ4v) is 2.30. The minimum atomic E-state index is -0.0273. The Labute approximate surface area is 111 Å². The summed E-state index contributed by atoms with van der Waals surface area (Å²) < 4.78 is 1.75. The van der Waals surface area contributed by atoms with E-state index in [1.165, 1.54) is 0 Å². The van der Waals surface area contributed by atoms with Gasteiger partial charge in [-0.2, -0.15) is 5.10 Å². The van der Waals surface area contributed by atoms with Crippen molar-refractivity contribution in [3.8, 4) is 0 Å². The van der Waals surface area contributed by atoms with E-state index in [1.807, 2.05) is 62.5 Å². The van der Waals surface area contributed by atoms with Gasteiger partial charge >= 0.3 is 0 Å². The van der Waals surface area contributed by atoms with E-state index in [9.17, 15) is 4.79 Å². The molecule has 0 amide bonds. The van der Waals surface area contributed by atoms with Gasteiger partial charge in [-0.25, -0.2) is 0 Å². The Hall–Kier alpha value is -2.42. The Morgan fingerprint density at radius 3 is 2.68 bits per heavy atom. The molecule has 3 heteroatoms. The Morgan fingerprint density at radius 1 is 1.11 bits per heavy atom. The van der Waals surface area contributed by atoms with E-state index in [0.29, 0.717) is 11.3 Å². The van der Waals surface area contributed by atoms with Gasteiger partial charge in [-0.15, -0.1) is 0 Å². The summed E-state index contributed by atoms with van der Waals surface area (Å²) in [5.41, 5.74) is 3.25. The van der Waals surface area contributed by atoms with Crippen molar-refractivity contribution >= 4 is 16.7 Å². The normalized spacial score (nSPS) is 10.8. The van der Waals surface area contributed by atoms with Crippen LogP contribution in [0.1, 0.15) is 21.6 Å². The Morgan fingerprint density at radius 2 is 1.89 bits per heavy atom. The minimum Gasteiger partial charge on any atom is -0.287 e. The van der Waals surface area contributed by atoms with Gasteiger partial charge in [0.1, 0.15) is 5.69 Å². The third-order valence-electron chi connectivity index (χ3n) is 3.25. The highest BCUT2D eigenvalue weighted by molar-refractivity contribution is 6.14. The number of nitrogens with zero attached hydrogens (tertiary/aromatic N) is 2. The van der Waals surface area contributed by atoms with E-state index in [4.69, 9.17) is 0 Å². The summed E-state index contributed by atoms with van der Waals surface area (Å²) >= 11 is 0. The largest absolute Gasteiger partial charge is 0.287 e. The summed E-state index contributed by atoms with van der Waals surface area (Å²) in [6, 6.07) is 15.4. The molecule has 94 valence electrons. The number of ketones is 1. The number of para-hydroxylation sites is 1. The fourth-order valence-electron chi connectivity index (χ4n) is 2.30. The molecule has 0 saturated carbocycles. The van der Waals surface area contributed by atoms with Gasteiger partial charge in [-0.05, 0) is 19.1 Å². The van der Waals surface area contributed by atoms with Crippen molar-refractivity contribution in [3.63, 3.8) is 0 Å². The number of carbonyl (C=O) groups excluding carboxylic acids is 1. The summed E-state index contributed by atoms with van der Waals surface area (Å²) in [5, 5.41) is 5.26. The number of fused-ring (bicyclic) bond motifs is 1. The van der Waals surface area contributed by atoms with Crippen molar-refractivity contribution in [2.45, 2.75) is 6.92 Å². The molecule has 0 spiro atoms. The lowest BCUT2D eigenvalue weighted by Gasteiger charge is -1.99. The van der Waals surface area contributed by atoms with E-state index in [0.717, 1.165) is 16.5 Å². The molecular weight excluding hydrogens is 236 g/mol. The number of carbonyl (C=O) groups is 1. The first-order chi connectivity index (χ1) is 9.16. The molecule has 2 aromatic carbocycles. The zero-order valence-electron chi connectivity index (χ0n) is 10.9. The summed E-state index contributed by atoms with van der Waals surface area (Å²) in [4.78, 5) is 12.6. The minimum absolute atomic E-state index is 0.0273. The maximum absolute atomic E-state index is 12.6. The van der Waals surface area contributed by atoms with Crippen LogP contribution < -0.4 is 0 Å². The van der Waals surface area contributed by atoms with Crippen molar-refractivity contribution < 1.29 is 4.79 Å². The Kier molecular flexibility index (Phi) is 2.67. The predicted molar refractivity (Wildman–Crippen MR) is 75.3 cm³/mol. The highest BCUT2D eigenvalue weighted by Crippen LogP contribution is 2.20. The Bertz CT molecular complexity index is 771. The van der Waals surface area contributed by atoms with Crippen LogP contribution in [0.5, 0.6) is 0 Å². The monoisotopic (exact) mass is 250 g/mol. The van der Waals surface area contributed by atoms with Crippen molar-refractivity contribution in [1.82, 2.24) is 9.78 Å². The van der Waals surface area contributed by atoms with Crippen LogP contribution in [0.3, 0.4) is 0 Å². The SMILES string of the molecule is Cc1cccc(C(=O)c2nn(C)c3ccccc23)c1. The number of rotatable bonds is 2. The molecule has 0 bridgehead atoms. The summed E-state index contributed by atoms with van der Waals surface area (Å²) in [6.07, 6.45) is 0. The van der Waals surface area contributed by atoms with Gasteiger partial charge in [0.2, 0.25) is 5.78 Å². The van der Waals surface area contributed by atoms with Crippen LogP contribution in [0, 0.1) is 6.92 Å². The molecular formula is C16H14N2O. The third kappa shape index (κ3) is 1.93. The molecule has 3 nitrogen and oxygen atoms in total. The van der Waals surface area contributed by atoms with Crippen LogP contribution in [0.4, 0.5) is 0 Å². The van der Waals surface area contributed by atoms with E-state index in [-0.39, 0.29) is 5.78 Å². The number of benzene rings is 2. The molecule has 0 N–H and O–H groups in total. The highest BCUT2D eigenvalue weighted by atomic mass is 16.1. The third-order valence-corrected chi connectivity index (χ3v) is 3.25. The number of hydrogen-bond acceptors (Lipinski definition) is 2. The molecule has 3 aromatic rings. The average molecular weight is 250 g/mol. The van der Waals surface area contributed by atoms with Crippen LogP contribution in [0.25, 0.3) is 10.9 Å².